The van der Waals surface area contributed by atoms with Gasteiger partial charge in [0.05, 0.1) is 0 Å². The zero-order valence-electron chi connectivity index (χ0n) is 5.96. The third-order valence-corrected chi connectivity index (χ3v) is 1.32. The van der Waals surface area contributed by atoms with Crippen LogP contribution in [0.15, 0.2) is 0 Å². The Balaban J connectivity index is 4.07. The van der Waals surface area contributed by atoms with Crippen molar-refractivity contribution in [2.45, 2.75) is 13.0 Å². The summed E-state index contributed by atoms with van der Waals surface area (Å²) in [5.74, 6) is -1.23. The maximum atomic E-state index is 10.3. The second-order valence-corrected chi connectivity index (χ2v) is 2.01. The number of guanidine groups is 1. The SMILES string of the molecule is CC(C(=O)O)N(C)C(=N)N. The molecule has 0 aliphatic carbocycles. The molecule has 58 valence electrons. The summed E-state index contributed by atoms with van der Waals surface area (Å²) in [6.07, 6.45) is 0. The molecule has 0 aliphatic heterocycles. The van der Waals surface area contributed by atoms with Crippen molar-refractivity contribution >= 4 is 11.9 Å². The molecule has 5 nitrogen and oxygen atoms in total. The first-order valence-electron chi connectivity index (χ1n) is 2.76. The first kappa shape index (κ1) is 8.74. The number of carbonyl (C=O) groups is 1. The molecule has 1 atom stereocenters. The molecular weight excluding hydrogens is 134 g/mol. The van der Waals surface area contributed by atoms with Crippen LogP contribution in [0.2, 0.25) is 0 Å². The summed E-state index contributed by atoms with van der Waals surface area (Å²) in [4.78, 5) is 11.4. The summed E-state index contributed by atoms with van der Waals surface area (Å²) < 4.78 is 0. The van der Waals surface area contributed by atoms with Gasteiger partial charge in [-0.25, -0.2) is 4.79 Å². The van der Waals surface area contributed by atoms with Crippen molar-refractivity contribution in [2.24, 2.45) is 5.73 Å². The fourth-order valence-corrected chi connectivity index (χ4v) is 0.374. The molecule has 0 spiro atoms. The van der Waals surface area contributed by atoms with Gasteiger partial charge in [-0.3, -0.25) is 5.41 Å². The maximum absolute atomic E-state index is 10.3. The van der Waals surface area contributed by atoms with Gasteiger partial charge in [-0.15, -0.1) is 0 Å². The Hall–Kier alpha value is -1.26. The number of aliphatic carboxylic acids is 1. The fraction of sp³-hybridized carbons (Fsp3) is 0.600. The van der Waals surface area contributed by atoms with Gasteiger partial charge in [0, 0.05) is 7.05 Å². The summed E-state index contributed by atoms with van der Waals surface area (Å²) in [6.45, 7) is 1.46. The minimum atomic E-state index is -0.988. The van der Waals surface area contributed by atoms with Gasteiger partial charge in [0.15, 0.2) is 5.96 Å². The number of carboxylic acids is 1. The number of carboxylic acid groups (broad SMARTS) is 1. The first-order valence-corrected chi connectivity index (χ1v) is 2.76. The standard InChI is InChI=1S/C5H11N3O2/c1-3(4(9)10)8(2)5(6)7/h3H,1-2H3,(H3,6,7)(H,9,10). The van der Waals surface area contributed by atoms with Crippen molar-refractivity contribution in [3.8, 4) is 0 Å². The summed E-state index contributed by atoms with van der Waals surface area (Å²) in [5, 5.41) is 15.3. The predicted molar refractivity (Wildman–Crippen MR) is 36.8 cm³/mol. The van der Waals surface area contributed by atoms with E-state index in [0.717, 1.165) is 0 Å². The van der Waals surface area contributed by atoms with E-state index >= 15 is 0 Å². The zero-order valence-corrected chi connectivity index (χ0v) is 5.96. The van der Waals surface area contributed by atoms with Gasteiger partial charge in [0.25, 0.3) is 0 Å². The third-order valence-electron chi connectivity index (χ3n) is 1.32. The summed E-state index contributed by atoms with van der Waals surface area (Å²) in [7, 11) is 1.46. The Morgan fingerprint density at radius 2 is 2.20 bits per heavy atom. The molecule has 5 heteroatoms. The highest BCUT2D eigenvalue weighted by Crippen LogP contribution is 1.92. The highest BCUT2D eigenvalue weighted by atomic mass is 16.4. The number of likely N-dealkylation sites (N-methyl/N-ethyl adjacent to an activating group) is 1. The Labute approximate surface area is 58.9 Å². The quantitative estimate of drug-likeness (QED) is 0.353. The molecule has 1 unspecified atom stereocenters. The molecule has 0 saturated carbocycles. The van der Waals surface area contributed by atoms with Crippen LogP contribution in [0.3, 0.4) is 0 Å². The molecule has 0 bridgehead atoms. The highest BCUT2D eigenvalue weighted by Gasteiger charge is 2.16. The number of nitrogens with zero attached hydrogens (tertiary/aromatic N) is 1. The van der Waals surface area contributed by atoms with Gasteiger partial charge in [-0.1, -0.05) is 0 Å². The predicted octanol–water partition coefficient (Wildman–Crippen LogP) is -0.715. The van der Waals surface area contributed by atoms with Crippen LogP contribution in [0.4, 0.5) is 0 Å². The Morgan fingerprint density at radius 3 is 2.30 bits per heavy atom. The van der Waals surface area contributed by atoms with Crippen LogP contribution in [-0.4, -0.2) is 35.0 Å². The lowest BCUT2D eigenvalue weighted by Crippen LogP contribution is -2.43. The number of hydrogen-bond acceptors (Lipinski definition) is 2. The summed E-state index contributed by atoms with van der Waals surface area (Å²) in [6, 6.07) is -0.738. The molecule has 0 heterocycles. The number of nitrogens with one attached hydrogen (secondary N) is 1. The molecular formula is C5H11N3O2. The van der Waals surface area contributed by atoms with Gasteiger partial charge in [0.2, 0.25) is 0 Å². The number of hydrogen-bond donors (Lipinski definition) is 3. The van der Waals surface area contributed by atoms with Gasteiger partial charge in [0.1, 0.15) is 6.04 Å². The minimum Gasteiger partial charge on any atom is -0.480 e. The van der Waals surface area contributed by atoms with Crippen LogP contribution in [-0.2, 0) is 4.79 Å². The number of rotatable bonds is 2. The van der Waals surface area contributed by atoms with Gasteiger partial charge in [-0.2, -0.15) is 0 Å². The fourth-order valence-electron chi connectivity index (χ4n) is 0.374. The Kier molecular flexibility index (Phi) is 2.66. The lowest BCUT2D eigenvalue weighted by Gasteiger charge is -2.20. The average Bonchev–Trinajstić information content (AvgIpc) is 1.84. The summed E-state index contributed by atoms with van der Waals surface area (Å²) in [5.41, 5.74) is 5.02. The highest BCUT2D eigenvalue weighted by molar-refractivity contribution is 5.82. The first-order chi connectivity index (χ1) is 4.46. The van der Waals surface area contributed by atoms with E-state index in [9.17, 15) is 4.79 Å². The third kappa shape index (κ3) is 1.93. The zero-order chi connectivity index (χ0) is 8.31. The van der Waals surface area contributed by atoms with Crippen LogP contribution in [0.5, 0.6) is 0 Å². The molecule has 0 aliphatic rings. The largest absolute Gasteiger partial charge is 0.480 e. The molecule has 0 aromatic rings. The van der Waals surface area contributed by atoms with Gasteiger partial charge < -0.3 is 15.7 Å². The molecule has 0 saturated heterocycles. The Bertz CT molecular complexity index is 139. The molecule has 10 heavy (non-hydrogen) atoms. The normalized spacial score (nSPS) is 12.2. The molecule has 0 fully saturated rings. The van der Waals surface area contributed by atoms with E-state index in [1.54, 1.807) is 0 Å². The van der Waals surface area contributed by atoms with E-state index < -0.39 is 12.0 Å². The molecule has 0 rings (SSSR count). The van der Waals surface area contributed by atoms with E-state index in [0.29, 0.717) is 0 Å². The van der Waals surface area contributed by atoms with Crippen LogP contribution < -0.4 is 5.73 Å². The van der Waals surface area contributed by atoms with Crippen molar-refractivity contribution in [3.63, 3.8) is 0 Å². The van der Waals surface area contributed by atoms with Crippen LogP contribution in [0.25, 0.3) is 0 Å². The summed E-state index contributed by atoms with van der Waals surface area (Å²) >= 11 is 0. The van der Waals surface area contributed by atoms with E-state index in [1.807, 2.05) is 0 Å². The topological polar surface area (TPSA) is 90.4 Å². The minimum absolute atomic E-state index is 0.241. The maximum Gasteiger partial charge on any atom is 0.326 e. The van der Waals surface area contributed by atoms with Crippen molar-refractivity contribution in [1.29, 1.82) is 5.41 Å². The average molecular weight is 145 g/mol. The lowest BCUT2D eigenvalue weighted by atomic mass is 10.3. The van der Waals surface area contributed by atoms with Crippen LogP contribution in [0, 0.1) is 5.41 Å². The monoisotopic (exact) mass is 145 g/mol. The second-order valence-electron chi connectivity index (χ2n) is 2.01. The van der Waals surface area contributed by atoms with E-state index in [2.05, 4.69) is 0 Å². The lowest BCUT2D eigenvalue weighted by molar-refractivity contribution is -0.140. The van der Waals surface area contributed by atoms with Crippen molar-refractivity contribution in [2.75, 3.05) is 7.05 Å². The van der Waals surface area contributed by atoms with Crippen LogP contribution >= 0.6 is 0 Å². The van der Waals surface area contributed by atoms with Crippen molar-refractivity contribution < 1.29 is 9.90 Å². The molecule has 0 aromatic heterocycles. The molecule has 4 N–H and O–H groups in total. The van der Waals surface area contributed by atoms with E-state index in [-0.39, 0.29) is 5.96 Å². The van der Waals surface area contributed by atoms with Crippen LogP contribution in [0.1, 0.15) is 6.92 Å². The molecule has 0 aromatic carbocycles. The molecule has 0 amide bonds. The number of nitrogens with two attached hydrogens (primary N) is 1. The van der Waals surface area contributed by atoms with Crippen molar-refractivity contribution in [1.82, 2.24) is 4.90 Å². The second kappa shape index (κ2) is 3.05. The van der Waals surface area contributed by atoms with Gasteiger partial charge >= 0.3 is 5.97 Å². The van der Waals surface area contributed by atoms with E-state index in [1.165, 1.54) is 18.9 Å². The van der Waals surface area contributed by atoms with Gasteiger partial charge in [-0.05, 0) is 6.92 Å². The Morgan fingerprint density at radius 1 is 1.80 bits per heavy atom. The molecule has 0 radical (unpaired) electrons. The van der Waals surface area contributed by atoms with Crippen molar-refractivity contribution in [3.05, 3.63) is 0 Å². The van der Waals surface area contributed by atoms with E-state index in [4.69, 9.17) is 16.2 Å². The smallest absolute Gasteiger partial charge is 0.326 e.